The van der Waals surface area contributed by atoms with E-state index in [4.69, 9.17) is 4.98 Å². The van der Waals surface area contributed by atoms with Crippen LogP contribution in [-0.2, 0) is 5.54 Å². The quantitative estimate of drug-likeness (QED) is 0.615. The fraction of sp³-hybridized carbons (Fsp3) is 0.300. The highest BCUT2D eigenvalue weighted by molar-refractivity contribution is 9.10. The van der Waals surface area contributed by atoms with Crippen LogP contribution in [0, 0.1) is 0 Å². The first-order valence-electron chi connectivity index (χ1n) is 8.82. The van der Waals surface area contributed by atoms with Gasteiger partial charge in [0.15, 0.2) is 5.82 Å². The number of hydrogen-bond acceptors (Lipinski definition) is 4. The molecule has 0 unspecified atom stereocenters. The standard InChI is InChI=1S/C20H20BrN5O/c1-12(2)25-11-22-24-18(25)16-6-5-7-17(23-16)26-19(27)14-10-13(21)8-9-15(14)20(26,3)4/h5-12H,1-4H3. The highest BCUT2D eigenvalue weighted by atomic mass is 79.9. The predicted octanol–water partition coefficient (Wildman–Crippen LogP) is 4.58. The SMILES string of the molecule is CC(C)n1cnnc1-c1cccc(N2C(=O)c3cc(Br)ccc3C2(C)C)n1. The maximum absolute atomic E-state index is 13.2. The van der Waals surface area contributed by atoms with Crippen LogP contribution in [-0.4, -0.2) is 25.7 Å². The molecular weight excluding hydrogens is 406 g/mol. The molecule has 7 heteroatoms. The number of benzene rings is 1. The Balaban J connectivity index is 1.81. The summed E-state index contributed by atoms with van der Waals surface area (Å²) in [7, 11) is 0. The lowest BCUT2D eigenvalue weighted by atomic mass is 9.94. The average molecular weight is 426 g/mol. The molecule has 0 fully saturated rings. The molecule has 6 nitrogen and oxygen atoms in total. The van der Waals surface area contributed by atoms with Gasteiger partial charge in [-0.25, -0.2) is 4.98 Å². The lowest BCUT2D eigenvalue weighted by Crippen LogP contribution is -2.39. The third kappa shape index (κ3) is 2.77. The second-order valence-corrected chi connectivity index (χ2v) is 8.34. The molecule has 0 spiro atoms. The number of fused-ring (bicyclic) bond motifs is 1. The van der Waals surface area contributed by atoms with Crippen LogP contribution in [0.2, 0.25) is 0 Å². The van der Waals surface area contributed by atoms with Gasteiger partial charge in [0, 0.05) is 16.1 Å². The first kappa shape index (κ1) is 17.9. The Morgan fingerprint density at radius 2 is 1.93 bits per heavy atom. The van der Waals surface area contributed by atoms with Gasteiger partial charge in [-0.3, -0.25) is 9.69 Å². The van der Waals surface area contributed by atoms with Crippen LogP contribution in [0.4, 0.5) is 5.82 Å². The smallest absolute Gasteiger partial charge is 0.260 e. The maximum atomic E-state index is 13.2. The van der Waals surface area contributed by atoms with Gasteiger partial charge >= 0.3 is 0 Å². The summed E-state index contributed by atoms with van der Waals surface area (Å²) in [5.74, 6) is 1.25. The van der Waals surface area contributed by atoms with Crippen molar-refractivity contribution in [1.29, 1.82) is 0 Å². The molecule has 1 amide bonds. The van der Waals surface area contributed by atoms with Gasteiger partial charge < -0.3 is 4.57 Å². The van der Waals surface area contributed by atoms with Gasteiger partial charge in [0.05, 0.1) is 5.54 Å². The molecule has 0 N–H and O–H groups in total. The Morgan fingerprint density at radius 3 is 2.67 bits per heavy atom. The number of pyridine rings is 1. The number of carbonyl (C=O) groups is 1. The molecule has 1 aromatic carbocycles. The van der Waals surface area contributed by atoms with E-state index in [1.54, 1.807) is 11.2 Å². The molecule has 3 aromatic rings. The Hall–Kier alpha value is -2.54. The van der Waals surface area contributed by atoms with Crippen molar-refractivity contribution in [3.05, 3.63) is 58.3 Å². The number of carbonyl (C=O) groups excluding carboxylic acids is 1. The summed E-state index contributed by atoms with van der Waals surface area (Å²) in [6, 6.07) is 11.7. The summed E-state index contributed by atoms with van der Waals surface area (Å²) in [6.07, 6.45) is 1.70. The number of amides is 1. The van der Waals surface area contributed by atoms with E-state index in [1.165, 1.54) is 0 Å². The number of rotatable bonds is 3. The summed E-state index contributed by atoms with van der Waals surface area (Å²) in [4.78, 5) is 19.7. The van der Waals surface area contributed by atoms with E-state index in [0.29, 0.717) is 22.9 Å². The third-order valence-electron chi connectivity index (χ3n) is 4.96. The number of anilines is 1. The maximum Gasteiger partial charge on any atom is 0.260 e. The largest absolute Gasteiger partial charge is 0.310 e. The summed E-state index contributed by atoms with van der Waals surface area (Å²) >= 11 is 3.46. The predicted molar refractivity (Wildman–Crippen MR) is 108 cm³/mol. The molecule has 0 radical (unpaired) electrons. The van der Waals surface area contributed by atoms with Crippen LogP contribution in [0.25, 0.3) is 11.5 Å². The molecule has 138 valence electrons. The Bertz CT molecular complexity index is 1040. The molecule has 0 aliphatic carbocycles. The van der Waals surface area contributed by atoms with Crippen LogP contribution in [0.1, 0.15) is 49.7 Å². The van der Waals surface area contributed by atoms with Crippen molar-refractivity contribution in [3.63, 3.8) is 0 Å². The lowest BCUT2D eigenvalue weighted by Gasteiger charge is -2.31. The first-order chi connectivity index (χ1) is 12.8. The molecule has 0 bridgehead atoms. The van der Waals surface area contributed by atoms with Crippen molar-refractivity contribution in [2.45, 2.75) is 39.3 Å². The van der Waals surface area contributed by atoms with Crippen molar-refractivity contribution in [2.24, 2.45) is 0 Å². The molecule has 0 saturated heterocycles. The molecule has 2 aromatic heterocycles. The van der Waals surface area contributed by atoms with Gasteiger partial charge in [0.2, 0.25) is 0 Å². The van der Waals surface area contributed by atoms with Crippen LogP contribution >= 0.6 is 15.9 Å². The van der Waals surface area contributed by atoms with Crippen LogP contribution < -0.4 is 4.90 Å². The van der Waals surface area contributed by atoms with Gasteiger partial charge in [0.25, 0.3) is 5.91 Å². The van der Waals surface area contributed by atoms with Crippen molar-refractivity contribution in [1.82, 2.24) is 19.7 Å². The van der Waals surface area contributed by atoms with Crippen molar-refractivity contribution < 1.29 is 4.79 Å². The summed E-state index contributed by atoms with van der Waals surface area (Å²) in [5, 5.41) is 8.24. The van der Waals surface area contributed by atoms with E-state index in [9.17, 15) is 4.79 Å². The van der Waals surface area contributed by atoms with Gasteiger partial charge in [-0.1, -0.05) is 28.1 Å². The molecule has 1 aliphatic rings. The minimum atomic E-state index is -0.496. The fourth-order valence-electron chi connectivity index (χ4n) is 3.59. The van der Waals surface area contributed by atoms with E-state index in [-0.39, 0.29) is 11.9 Å². The summed E-state index contributed by atoms with van der Waals surface area (Å²) in [6.45, 7) is 8.21. The van der Waals surface area contributed by atoms with Crippen LogP contribution in [0.15, 0.2) is 47.2 Å². The van der Waals surface area contributed by atoms with E-state index < -0.39 is 5.54 Å². The van der Waals surface area contributed by atoms with Crippen molar-refractivity contribution in [2.75, 3.05) is 4.90 Å². The van der Waals surface area contributed by atoms with Gasteiger partial charge in [-0.05, 0) is 57.5 Å². The fourth-order valence-corrected chi connectivity index (χ4v) is 3.95. The van der Waals surface area contributed by atoms with E-state index in [1.807, 2.05) is 54.8 Å². The molecule has 1 aliphatic heterocycles. The number of aromatic nitrogens is 4. The number of hydrogen-bond donors (Lipinski definition) is 0. The van der Waals surface area contributed by atoms with Gasteiger partial charge in [-0.15, -0.1) is 10.2 Å². The number of halogens is 1. The zero-order chi connectivity index (χ0) is 19.3. The summed E-state index contributed by atoms with van der Waals surface area (Å²) in [5.41, 5.74) is 1.89. The second-order valence-electron chi connectivity index (χ2n) is 7.43. The lowest BCUT2D eigenvalue weighted by molar-refractivity contribution is 0.0981. The normalized spacial score (nSPS) is 15.5. The molecule has 4 rings (SSSR count). The van der Waals surface area contributed by atoms with Crippen LogP contribution in [0.3, 0.4) is 0 Å². The molecular formula is C20H20BrN5O. The van der Waals surface area contributed by atoms with Gasteiger partial charge in [-0.2, -0.15) is 0 Å². The second kappa shape index (κ2) is 6.27. The molecule has 0 atom stereocenters. The Kier molecular flexibility index (Phi) is 4.14. The number of nitrogens with zero attached hydrogens (tertiary/aromatic N) is 5. The Labute approximate surface area is 166 Å². The van der Waals surface area contributed by atoms with E-state index >= 15 is 0 Å². The zero-order valence-electron chi connectivity index (χ0n) is 15.6. The minimum Gasteiger partial charge on any atom is -0.310 e. The van der Waals surface area contributed by atoms with E-state index in [2.05, 4.69) is 40.0 Å². The topological polar surface area (TPSA) is 63.9 Å². The zero-order valence-corrected chi connectivity index (χ0v) is 17.2. The van der Waals surface area contributed by atoms with Crippen molar-refractivity contribution >= 4 is 27.7 Å². The average Bonchev–Trinajstić information content (AvgIpc) is 3.17. The van der Waals surface area contributed by atoms with E-state index in [0.717, 1.165) is 10.0 Å². The highest BCUT2D eigenvalue weighted by Gasteiger charge is 2.44. The monoisotopic (exact) mass is 425 g/mol. The Morgan fingerprint density at radius 1 is 1.15 bits per heavy atom. The van der Waals surface area contributed by atoms with Crippen molar-refractivity contribution in [3.8, 4) is 11.5 Å². The minimum absolute atomic E-state index is 0.0497. The van der Waals surface area contributed by atoms with Gasteiger partial charge in [0.1, 0.15) is 17.8 Å². The molecule has 0 saturated carbocycles. The summed E-state index contributed by atoms with van der Waals surface area (Å²) < 4.78 is 2.86. The van der Waals surface area contributed by atoms with Crippen LogP contribution in [0.5, 0.6) is 0 Å². The molecule has 27 heavy (non-hydrogen) atoms. The third-order valence-corrected chi connectivity index (χ3v) is 5.45. The highest BCUT2D eigenvalue weighted by Crippen LogP contribution is 2.42. The first-order valence-corrected chi connectivity index (χ1v) is 9.61. The molecule has 3 heterocycles.